The van der Waals surface area contributed by atoms with E-state index in [9.17, 15) is 4.79 Å². The van der Waals surface area contributed by atoms with Crippen molar-refractivity contribution in [1.82, 2.24) is 10.1 Å². The molecule has 1 amide bonds. The first-order valence-electron chi connectivity index (χ1n) is 6.29. The third kappa shape index (κ3) is 3.30. The van der Waals surface area contributed by atoms with Gasteiger partial charge in [-0.3, -0.25) is 15.0 Å². The number of carbonyl (C=O) groups is 1. The van der Waals surface area contributed by atoms with Gasteiger partial charge in [0.15, 0.2) is 0 Å². The Labute approximate surface area is 106 Å². The van der Waals surface area contributed by atoms with Gasteiger partial charge < -0.3 is 10.3 Å². The number of amides is 1. The number of likely N-dealkylation sites (tertiary alicyclic amines) is 1. The molecule has 1 atom stereocenters. The van der Waals surface area contributed by atoms with Crippen molar-refractivity contribution in [2.24, 2.45) is 5.73 Å². The van der Waals surface area contributed by atoms with E-state index in [1.54, 1.807) is 6.07 Å². The minimum Gasteiger partial charge on any atom is -0.338 e. The van der Waals surface area contributed by atoms with Crippen LogP contribution in [0.25, 0.3) is 0 Å². The summed E-state index contributed by atoms with van der Waals surface area (Å²) in [6.45, 7) is 6.05. The maximum absolute atomic E-state index is 11.8. The summed E-state index contributed by atoms with van der Waals surface area (Å²) in [6, 6.07) is 1.95. The van der Waals surface area contributed by atoms with Crippen LogP contribution in [0.2, 0.25) is 0 Å². The Kier molecular flexibility index (Phi) is 3.98. The van der Waals surface area contributed by atoms with Gasteiger partial charge in [0.1, 0.15) is 0 Å². The Balaban J connectivity index is 1.83. The molecule has 0 bridgehead atoms. The van der Waals surface area contributed by atoms with Gasteiger partial charge in [-0.25, -0.2) is 0 Å². The quantitative estimate of drug-likeness (QED) is 0.826. The molecule has 6 nitrogen and oxygen atoms in total. The maximum atomic E-state index is 11.8. The van der Waals surface area contributed by atoms with Gasteiger partial charge in [0.2, 0.25) is 11.8 Å². The predicted octanol–water partition coefficient (Wildman–Crippen LogP) is 0.769. The first kappa shape index (κ1) is 13.0. The summed E-state index contributed by atoms with van der Waals surface area (Å²) in [5, 5.41) is 6.60. The third-order valence-corrected chi connectivity index (χ3v) is 3.06. The SMILES string of the molecule is CC(C)c1cc(NC(=O)CN2CC[C@H](N)C2)on1. The molecule has 3 N–H and O–H groups in total. The molecule has 6 heteroatoms. The zero-order chi connectivity index (χ0) is 13.1. The van der Waals surface area contributed by atoms with E-state index in [-0.39, 0.29) is 17.9 Å². The molecule has 0 unspecified atom stereocenters. The molecular formula is C12H20N4O2. The zero-order valence-corrected chi connectivity index (χ0v) is 10.8. The van der Waals surface area contributed by atoms with E-state index < -0.39 is 0 Å². The van der Waals surface area contributed by atoms with Gasteiger partial charge in [-0.15, -0.1) is 0 Å². The van der Waals surface area contributed by atoms with Crippen LogP contribution in [0.15, 0.2) is 10.6 Å². The smallest absolute Gasteiger partial charge is 0.240 e. The van der Waals surface area contributed by atoms with Gasteiger partial charge in [-0.05, 0) is 12.3 Å². The van der Waals surface area contributed by atoms with E-state index in [1.165, 1.54) is 0 Å². The topological polar surface area (TPSA) is 84.4 Å². The number of aromatic nitrogens is 1. The fourth-order valence-corrected chi connectivity index (χ4v) is 2.01. The Hall–Kier alpha value is -1.40. The number of rotatable bonds is 4. The van der Waals surface area contributed by atoms with E-state index >= 15 is 0 Å². The van der Waals surface area contributed by atoms with Crippen LogP contribution in [0.3, 0.4) is 0 Å². The van der Waals surface area contributed by atoms with Crippen molar-refractivity contribution in [2.45, 2.75) is 32.2 Å². The van der Waals surface area contributed by atoms with E-state index in [0.717, 1.165) is 25.2 Å². The van der Waals surface area contributed by atoms with Crippen molar-refractivity contribution in [3.05, 3.63) is 11.8 Å². The van der Waals surface area contributed by atoms with E-state index in [0.29, 0.717) is 12.4 Å². The number of anilines is 1. The average molecular weight is 252 g/mol. The number of nitrogens with two attached hydrogens (primary N) is 1. The van der Waals surface area contributed by atoms with E-state index in [4.69, 9.17) is 10.3 Å². The van der Waals surface area contributed by atoms with E-state index in [2.05, 4.69) is 10.5 Å². The van der Waals surface area contributed by atoms with Crippen LogP contribution in [0, 0.1) is 0 Å². The van der Waals surface area contributed by atoms with Crippen molar-refractivity contribution >= 4 is 11.8 Å². The van der Waals surface area contributed by atoms with Crippen LogP contribution in [0.1, 0.15) is 31.9 Å². The summed E-state index contributed by atoms with van der Waals surface area (Å²) in [5.41, 5.74) is 6.63. The molecule has 0 aromatic carbocycles. The molecule has 100 valence electrons. The van der Waals surface area contributed by atoms with E-state index in [1.807, 2.05) is 18.7 Å². The van der Waals surface area contributed by atoms with Gasteiger partial charge >= 0.3 is 0 Å². The summed E-state index contributed by atoms with van der Waals surface area (Å²) in [5.74, 6) is 0.610. The highest BCUT2D eigenvalue weighted by atomic mass is 16.5. The second-order valence-corrected chi connectivity index (χ2v) is 5.10. The van der Waals surface area contributed by atoms with Crippen molar-refractivity contribution in [1.29, 1.82) is 0 Å². The molecule has 1 saturated heterocycles. The summed E-state index contributed by atoms with van der Waals surface area (Å²) in [6.07, 6.45) is 0.951. The standard InChI is InChI=1S/C12H20N4O2/c1-8(2)10-5-12(18-15-10)14-11(17)7-16-4-3-9(13)6-16/h5,8-9H,3-4,6-7,13H2,1-2H3,(H,14,17)/t9-/m0/s1. The molecule has 1 fully saturated rings. The fourth-order valence-electron chi connectivity index (χ4n) is 2.01. The average Bonchev–Trinajstić information content (AvgIpc) is 2.88. The van der Waals surface area contributed by atoms with Gasteiger partial charge in [0.05, 0.1) is 12.2 Å². The molecule has 2 rings (SSSR count). The Morgan fingerprint density at radius 3 is 3.06 bits per heavy atom. The molecule has 18 heavy (non-hydrogen) atoms. The van der Waals surface area contributed by atoms with Crippen molar-refractivity contribution in [3.8, 4) is 0 Å². The summed E-state index contributed by atoms with van der Waals surface area (Å²) < 4.78 is 5.06. The Morgan fingerprint density at radius 2 is 2.50 bits per heavy atom. The van der Waals surface area contributed by atoms with Gasteiger partial charge in [-0.2, -0.15) is 0 Å². The van der Waals surface area contributed by atoms with Crippen LogP contribution in [0.4, 0.5) is 5.88 Å². The normalized spacial score (nSPS) is 20.6. The highest BCUT2D eigenvalue weighted by Crippen LogP contribution is 2.17. The van der Waals surface area contributed by atoms with Crippen molar-refractivity contribution < 1.29 is 9.32 Å². The Bertz CT molecular complexity index is 416. The molecule has 1 aliphatic rings. The first-order chi connectivity index (χ1) is 8.54. The summed E-state index contributed by atoms with van der Waals surface area (Å²) >= 11 is 0. The molecule has 2 heterocycles. The van der Waals surface area contributed by atoms with Crippen LogP contribution in [-0.2, 0) is 4.79 Å². The maximum Gasteiger partial charge on any atom is 0.240 e. The second-order valence-electron chi connectivity index (χ2n) is 5.10. The number of nitrogens with zero attached hydrogens (tertiary/aromatic N) is 2. The lowest BCUT2D eigenvalue weighted by molar-refractivity contribution is -0.117. The molecular weight excluding hydrogens is 232 g/mol. The zero-order valence-electron chi connectivity index (χ0n) is 10.8. The minimum absolute atomic E-state index is 0.0874. The lowest BCUT2D eigenvalue weighted by Crippen LogP contribution is -2.33. The van der Waals surface area contributed by atoms with Gasteiger partial charge in [0.25, 0.3) is 0 Å². The fraction of sp³-hybridized carbons (Fsp3) is 0.667. The molecule has 0 saturated carbocycles. The third-order valence-electron chi connectivity index (χ3n) is 3.06. The first-order valence-corrected chi connectivity index (χ1v) is 6.29. The van der Waals surface area contributed by atoms with Crippen molar-refractivity contribution in [2.75, 3.05) is 25.0 Å². The summed E-state index contributed by atoms with van der Waals surface area (Å²) in [7, 11) is 0. The lowest BCUT2D eigenvalue weighted by atomic mass is 10.1. The minimum atomic E-state index is -0.0874. The molecule has 1 aromatic heterocycles. The summed E-state index contributed by atoms with van der Waals surface area (Å²) in [4.78, 5) is 13.8. The largest absolute Gasteiger partial charge is 0.338 e. The molecule has 0 aliphatic carbocycles. The predicted molar refractivity (Wildman–Crippen MR) is 68.3 cm³/mol. The monoisotopic (exact) mass is 252 g/mol. The van der Waals surface area contributed by atoms with Gasteiger partial charge in [-0.1, -0.05) is 19.0 Å². The lowest BCUT2D eigenvalue weighted by Gasteiger charge is -2.13. The molecule has 0 spiro atoms. The number of hydrogen-bond acceptors (Lipinski definition) is 5. The number of hydrogen-bond donors (Lipinski definition) is 2. The highest BCUT2D eigenvalue weighted by molar-refractivity contribution is 5.91. The second kappa shape index (κ2) is 5.49. The highest BCUT2D eigenvalue weighted by Gasteiger charge is 2.21. The number of carbonyl (C=O) groups excluding carboxylic acids is 1. The van der Waals surface area contributed by atoms with Crippen molar-refractivity contribution in [3.63, 3.8) is 0 Å². The molecule has 1 aromatic rings. The number of nitrogens with one attached hydrogen (secondary N) is 1. The van der Waals surface area contributed by atoms with Crippen LogP contribution in [0.5, 0.6) is 0 Å². The van der Waals surface area contributed by atoms with Crippen LogP contribution < -0.4 is 11.1 Å². The molecule has 0 radical (unpaired) electrons. The van der Waals surface area contributed by atoms with Gasteiger partial charge in [0, 0.05) is 25.2 Å². The van der Waals surface area contributed by atoms with Crippen LogP contribution >= 0.6 is 0 Å². The molecule has 1 aliphatic heterocycles. The Morgan fingerprint density at radius 1 is 1.72 bits per heavy atom. The van der Waals surface area contributed by atoms with Crippen LogP contribution in [-0.4, -0.2) is 41.6 Å².